The molecule has 4 rings (SSSR count). The van der Waals surface area contributed by atoms with Crippen LogP contribution in [0.4, 0.5) is 13.2 Å². The molecule has 11 heteroatoms. The number of alkyl halides is 3. The van der Waals surface area contributed by atoms with Crippen molar-refractivity contribution in [3.8, 4) is 0 Å². The van der Waals surface area contributed by atoms with Crippen molar-refractivity contribution in [2.24, 2.45) is 16.8 Å². The molecule has 4 aliphatic rings. The Balaban J connectivity index is 1.51. The maximum absolute atomic E-state index is 13.4. The van der Waals surface area contributed by atoms with Crippen molar-refractivity contribution in [3.05, 3.63) is 43.8 Å². The number of hydrogen-bond donors (Lipinski definition) is 1. The zero-order chi connectivity index (χ0) is 23.0. The molecule has 2 heterocycles. The topological polar surface area (TPSA) is 82.2 Å². The van der Waals surface area contributed by atoms with Gasteiger partial charge in [-0.3, -0.25) is 15.0 Å². The molecule has 1 unspecified atom stereocenters. The molecule has 0 aromatic rings. The summed E-state index contributed by atoms with van der Waals surface area (Å²) in [5, 5.41) is 22.5. The second-order valence-electron chi connectivity index (χ2n) is 8.82. The lowest BCUT2D eigenvalue weighted by atomic mass is 9.86. The van der Waals surface area contributed by atoms with Gasteiger partial charge in [-0.15, -0.1) is 0 Å². The molecule has 0 spiro atoms. The van der Waals surface area contributed by atoms with Crippen LogP contribution in [-0.2, 0) is 0 Å². The quantitative estimate of drug-likeness (QED) is 0.474. The van der Waals surface area contributed by atoms with Crippen LogP contribution < -0.4 is 0 Å². The Bertz CT molecular complexity index is 898. The van der Waals surface area contributed by atoms with Gasteiger partial charge in [-0.2, -0.15) is 18.2 Å². The Morgan fingerprint density at radius 3 is 2.47 bits per heavy atom. The van der Waals surface area contributed by atoms with Crippen molar-refractivity contribution in [2.75, 3.05) is 32.7 Å². The molecule has 1 N–H and O–H groups in total. The molecule has 32 heavy (non-hydrogen) atoms. The van der Waals surface area contributed by atoms with E-state index in [1.807, 2.05) is 4.90 Å². The normalized spacial score (nSPS) is 26.1. The molecule has 1 saturated carbocycles. The molecule has 0 aromatic heterocycles. The molecule has 2 aliphatic carbocycles. The zero-order valence-electron chi connectivity index (χ0n) is 17.9. The largest absolute Gasteiger partial charge is 0.493 e. The highest BCUT2D eigenvalue weighted by atomic mass is 32.2. The number of thioether (sulfide) groups is 1. The Hall–Kier alpha value is -2.01. The molecule has 176 valence electrons. The third-order valence-corrected chi connectivity index (χ3v) is 7.88. The summed E-state index contributed by atoms with van der Waals surface area (Å²) in [6, 6.07) is 0. The number of rotatable bonds is 3. The Labute approximate surface area is 188 Å². The van der Waals surface area contributed by atoms with Gasteiger partial charge in [0, 0.05) is 55.9 Å². The number of allylic oxidation sites excluding steroid dienone is 3. The van der Waals surface area contributed by atoms with Crippen LogP contribution in [0, 0.1) is 22.0 Å². The van der Waals surface area contributed by atoms with Gasteiger partial charge in [0.2, 0.25) is 5.88 Å². The monoisotopic (exact) mass is 472 g/mol. The summed E-state index contributed by atoms with van der Waals surface area (Å²) < 4.78 is 40.2. The number of halogens is 3. The highest BCUT2D eigenvalue weighted by molar-refractivity contribution is 8.17. The summed E-state index contributed by atoms with van der Waals surface area (Å²) in [5.41, 5.74) is -1.83. The van der Waals surface area contributed by atoms with Crippen molar-refractivity contribution < 1.29 is 23.2 Å². The Morgan fingerprint density at radius 1 is 1.22 bits per heavy atom. The summed E-state index contributed by atoms with van der Waals surface area (Å²) in [5.74, 6) is -1.07. The number of aliphatic imine (C=N–C) groups is 1. The molecule has 0 amide bonds. The molecular weight excluding hydrogens is 445 g/mol. The van der Waals surface area contributed by atoms with Gasteiger partial charge in [0.25, 0.3) is 5.70 Å². The summed E-state index contributed by atoms with van der Waals surface area (Å²) in [6.07, 6.45) is 2.31. The first-order chi connectivity index (χ1) is 15.1. The number of aliphatic hydroxyl groups excluding tert-OH is 1. The predicted molar refractivity (Wildman–Crippen MR) is 117 cm³/mol. The van der Waals surface area contributed by atoms with Gasteiger partial charge < -0.3 is 10.0 Å². The second kappa shape index (κ2) is 9.09. The van der Waals surface area contributed by atoms with E-state index in [-0.39, 0.29) is 10.5 Å². The molecule has 1 atom stereocenters. The molecule has 2 fully saturated rings. The van der Waals surface area contributed by atoms with Crippen molar-refractivity contribution in [2.45, 2.75) is 45.2 Å². The van der Waals surface area contributed by atoms with Gasteiger partial charge in [0.15, 0.2) is 5.17 Å². The van der Waals surface area contributed by atoms with Gasteiger partial charge in [-0.05, 0) is 30.5 Å². The number of amidine groups is 1. The van der Waals surface area contributed by atoms with E-state index in [1.54, 1.807) is 0 Å². The van der Waals surface area contributed by atoms with E-state index in [0.717, 1.165) is 37.3 Å². The maximum atomic E-state index is 13.4. The highest BCUT2D eigenvalue weighted by Gasteiger charge is 2.47. The molecule has 2 aliphatic heterocycles. The SMILES string of the molecule is CC1C(C(F)(F)F)=CC([N+](=O)[O-])=C2SC(N3CCN(CC4CCCCC4)CC3)=NC(O)=C21. The molecule has 1 saturated heterocycles. The van der Waals surface area contributed by atoms with E-state index >= 15 is 0 Å². The number of aliphatic hydroxyl groups is 1. The first-order valence-corrected chi connectivity index (χ1v) is 11.8. The van der Waals surface area contributed by atoms with Crippen LogP contribution in [0.25, 0.3) is 0 Å². The van der Waals surface area contributed by atoms with Crippen LogP contribution in [0.1, 0.15) is 39.0 Å². The minimum Gasteiger partial charge on any atom is -0.493 e. The van der Waals surface area contributed by atoms with Crippen molar-refractivity contribution >= 4 is 16.9 Å². The predicted octanol–water partition coefficient (Wildman–Crippen LogP) is 4.68. The third kappa shape index (κ3) is 4.68. The van der Waals surface area contributed by atoms with E-state index in [4.69, 9.17) is 0 Å². The fourth-order valence-electron chi connectivity index (χ4n) is 4.95. The minimum atomic E-state index is -4.73. The van der Waals surface area contributed by atoms with Crippen LogP contribution >= 0.6 is 11.8 Å². The standard InChI is InChI=1S/C21H27F3N4O3S/c1-13-15(21(22,23)24)11-16(28(30)31)18-17(13)19(29)25-20(32-18)27-9-7-26(8-10-27)12-14-5-3-2-4-6-14/h11,13-14,29H,2-10,12H2,1H3. The highest BCUT2D eigenvalue weighted by Crippen LogP contribution is 2.49. The molecule has 7 nitrogen and oxygen atoms in total. The number of hydrogen-bond acceptors (Lipinski definition) is 7. The van der Waals surface area contributed by atoms with Crippen molar-refractivity contribution in [1.82, 2.24) is 9.80 Å². The lowest BCUT2D eigenvalue weighted by molar-refractivity contribution is -0.419. The average molecular weight is 473 g/mol. The van der Waals surface area contributed by atoms with Gasteiger partial charge in [0.1, 0.15) is 4.91 Å². The van der Waals surface area contributed by atoms with Crippen LogP contribution in [0.3, 0.4) is 0 Å². The van der Waals surface area contributed by atoms with Crippen LogP contribution in [0.2, 0.25) is 0 Å². The van der Waals surface area contributed by atoms with E-state index in [2.05, 4.69) is 9.89 Å². The first kappa shape index (κ1) is 23.2. The average Bonchev–Trinajstić information content (AvgIpc) is 2.73. The lowest BCUT2D eigenvalue weighted by Crippen LogP contribution is -2.49. The minimum absolute atomic E-state index is 0.0441. The van der Waals surface area contributed by atoms with E-state index in [0.29, 0.717) is 24.3 Å². The first-order valence-electron chi connectivity index (χ1n) is 11.0. The molecule has 0 aromatic carbocycles. The smallest absolute Gasteiger partial charge is 0.413 e. The van der Waals surface area contributed by atoms with Gasteiger partial charge in [0.05, 0.1) is 4.92 Å². The fourth-order valence-corrected chi connectivity index (χ4v) is 6.19. The zero-order valence-corrected chi connectivity index (χ0v) is 18.7. The van der Waals surface area contributed by atoms with E-state index < -0.39 is 34.2 Å². The number of fused-ring (bicyclic) bond motifs is 1. The number of nitro groups is 1. The lowest BCUT2D eigenvalue weighted by Gasteiger charge is -2.39. The Morgan fingerprint density at radius 2 is 1.88 bits per heavy atom. The van der Waals surface area contributed by atoms with E-state index in [1.165, 1.54) is 39.0 Å². The van der Waals surface area contributed by atoms with Crippen molar-refractivity contribution in [3.63, 3.8) is 0 Å². The Kier molecular flexibility index (Phi) is 6.58. The maximum Gasteiger partial charge on any atom is 0.413 e. The van der Waals surface area contributed by atoms with E-state index in [9.17, 15) is 28.4 Å². The summed E-state index contributed by atoms with van der Waals surface area (Å²) in [7, 11) is 0. The van der Waals surface area contributed by atoms with Crippen molar-refractivity contribution in [1.29, 1.82) is 0 Å². The fraction of sp³-hybridized carbons (Fsp3) is 0.667. The molecular formula is C21H27F3N4O3S. The molecule has 0 bridgehead atoms. The summed E-state index contributed by atoms with van der Waals surface area (Å²) in [6.45, 7) is 5.31. The van der Waals surface area contributed by atoms with Crippen LogP contribution in [0.5, 0.6) is 0 Å². The number of piperazine rings is 1. The second-order valence-corrected chi connectivity index (χ2v) is 9.79. The number of nitrogens with zero attached hydrogens (tertiary/aromatic N) is 4. The summed E-state index contributed by atoms with van der Waals surface area (Å²) in [4.78, 5) is 19.3. The van der Waals surface area contributed by atoms with Gasteiger partial charge >= 0.3 is 6.18 Å². The van der Waals surface area contributed by atoms with Crippen LogP contribution in [-0.4, -0.2) is 63.9 Å². The molecule has 0 radical (unpaired) electrons. The van der Waals surface area contributed by atoms with Gasteiger partial charge in [-0.25, -0.2) is 0 Å². The van der Waals surface area contributed by atoms with Gasteiger partial charge in [-0.1, -0.05) is 26.2 Å². The summed E-state index contributed by atoms with van der Waals surface area (Å²) >= 11 is 0.981. The van der Waals surface area contributed by atoms with Crippen LogP contribution in [0.15, 0.2) is 38.7 Å². The third-order valence-electron chi connectivity index (χ3n) is 6.71.